The van der Waals surface area contributed by atoms with Crippen molar-refractivity contribution in [1.29, 1.82) is 0 Å². The first-order valence-electron chi connectivity index (χ1n) is 4.40. The van der Waals surface area contributed by atoms with Gasteiger partial charge in [-0.3, -0.25) is 0 Å². The topological polar surface area (TPSA) is 54.4 Å². The van der Waals surface area contributed by atoms with E-state index in [4.69, 9.17) is 5.11 Å². The molecule has 3 nitrogen and oxygen atoms in total. The van der Waals surface area contributed by atoms with Crippen LogP contribution < -0.4 is 0 Å². The van der Waals surface area contributed by atoms with E-state index < -0.39 is 9.84 Å². The second-order valence-corrected chi connectivity index (χ2v) is 5.67. The summed E-state index contributed by atoms with van der Waals surface area (Å²) in [6, 6.07) is 0. The first-order valence-corrected chi connectivity index (χ1v) is 6.22. The maximum absolute atomic E-state index is 10.9. The van der Waals surface area contributed by atoms with Crippen molar-refractivity contribution in [3.63, 3.8) is 0 Å². The van der Waals surface area contributed by atoms with Gasteiger partial charge in [-0.1, -0.05) is 13.3 Å². The lowest BCUT2D eigenvalue weighted by molar-refractivity contribution is 0.223. The fourth-order valence-electron chi connectivity index (χ4n) is 1.81. The van der Waals surface area contributed by atoms with Gasteiger partial charge in [0.15, 0.2) is 9.84 Å². The van der Waals surface area contributed by atoms with E-state index in [9.17, 15) is 8.42 Å². The van der Waals surface area contributed by atoms with Crippen molar-refractivity contribution < 1.29 is 13.5 Å². The summed E-state index contributed by atoms with van der Waals surface area (Å²) in [6.07, 6.45) is 1.72. The van der Waals surface area contributed by atoms with E-state index >= 15 is 0 Å². The SMILES string of the molecule is CCC(CCO)C1CS(=O)(=O)C1. The van der Waals surface area contributed by atoms with Gasteiger partial charge in [-0.25, -0.2) is 8.42 Å². The van der Waals surface area contributed by atoms with Crippen LogP contribution in [0.15, 0.2) is 0 Å². The van der Waals surface area contributed by atoms with Crippen LogP contribution in [0.2, 0.25) is 0 Å². The highest BCUT2D eigenvalue weighted by molar-refractivity contribution is 7.92. The molecule has 0 radical (unpaired) electrons. The van der Waals surface area contributed by atoms with Gasteiger partial charge in [0.1, 0.15) is 0 Å². The average Bonchev–Trinajstić information content (AvgIpc) is 1.95. The summed E-state index contributed by atoms with van der Waals surface area (Å²) in [5.41, 5.74) is 0. The van der Waals surface area contributed by atoms with Crippen LogP contribution in [0.5, 0.6) is 0 Å². The third-order valence-electron chi connectivity index (χ3n) is 2.63. The van der Waals surface area contributed by atoms with Crippen LogP contribution in [0.1, 0.15) is 19.8 Å². The van der Waals surface area contributed by atoms with Crippen LogP contribution in [0.3, 0.4) is 0 Å². The fraction of sp³-hybridized carbons (Fsp3) is 1.00. The molecule has 0 bridgehead atoms. The molecular formula is C8H16O3S. The van der Waals surface area contributed by atoms with Crippen LogP contribution >= 0.6 is 0 Å². The van der Waals surface area contributed by atoms with Gasteiger partial charge in [-0.05, 0) is 18.3 Å². The Bertz CT molecular complexity index is 221. The van der Waals surface area contributed by atoms with Gasteiger partial charge in [-0.2, -0.15) is 0 Å². The van der Waals surface area contributed by atoms with E-state index in [0.29, 0.717) is 23.3 Å². The Balaban J connectivity index is 2.38. The van der Waals surface area contributed by atoms with E-state index in [0.717, 1.165) is 12.8 Å². The fourth-order valence-corrected chi connectivity index (χ4v) is 3.57. The molecule has 0 aromatic rings. The van der Waals surface area contributed by atoms with Crippen molar-refractivity contribution in [2.45, 2.75) is 19.8 Å². The highest BCUT2D eigenvalue weighted by Crippen LogP contribution is 2.30. The zero-order valence-electron chi connectivity index (χ0n) is 7.36. The third-order valence-corrected chi connectivity index (χ3v) is 4.50. The number of hydrogen-bond donors (Lipinski definition) is 1. The second-order valence-electron chi connectivity index (χ2n) is 3.52. The summed E-state index contributed by atoms with van der Waals surface area (Å²) in [7, 11) is -2.69. The zero-order chi connectivity index (χ0) is 9.19. The summed E-state index contributed by atoms with van der Waals surface area (Å²) in [5.74, 6) is 1.39. The first kappa shape index (κ1) is 9.99. The molecule has 1 saturated heterocycles. The van der Waals surface area contributed by atoms with E-state index in [1.165, 1.54) is 0 Å². The van der Waals surface area contributed by atoms with Crippen LogP contribution in [0, 0.1) is 11.8 Å². The minimum atomic E-state index is -2.69. The van der Waals surface area contributed by atoms with Crippen molar-refractivity contribution >= 4 is 9.84 Å². The van der Waals surface area contributed by atoms with E-state index in [2.05, 4.69) is 0 Å². The molecule has 72 valence electrons. The molecule has 1 unspecified atom stereocenters. The summed E-state index contributed by atoms with van der Waals surface area (Å²) in [5, 5.41) is 8.72. The normalized spacial score (nSPS) is 24.8. The maximum Gasteiger partial charge on any atom is 0.150 e. The van der Waals surface area contributed by atoms with Crippen molar-refractivity contribution in [3.05, 3.63) is 0 Å². The molecule has 1 fully saturated rings. The predicted octanol–water partition coefficient (Wildman–Crippen LogP) is 0.440. The van der Waals surface area contributed by atoms with E-state index in [1.54, 1.807) is 0 Å². The Morgan fingerprint density at radius 2 is 2.08 bits per heavy atom. The van der Waals surface area contributed by atoms with Crippen LogP contribution in [0.4, 0.5) is 0 Å². The lowest BCUT2D eigenvalue weighted by atomic mass is 9.90. The number of aliphatic hydroxyl groups excluding tert-OH is 1. The molecule has 0 aliphatic carbocycles. The Hall–Kier alpha value is -0.0900. The van der Waals surface area contributed by atoms with Gasteiger partial charge >= 0.3 is 0 Å². The molecule has 0 spiro atoms. The highest BCUT2D eigenvalue weighted by Gasteiger charge is 2.37. The van der Waals surface area contributed by atoms with E-state index in [1.807, 2.05) is 6.92 Å². The quantitative estimate of drug-likeness (QED) is 0.703. The largest absolute Gasteiger partial charge is 0.396 e. The molecule has 4 heteroatoms. The standard InChI is InChI=1S/C8H16O3S/c1-2-7(3-4-9)8-5-12(10,11)6-8/h7-9H,2-6H2,1H3. The van der Waals surface area contributed by atoms with Gasteiger partial charge in [0.05, 0.1) is 11.5 Å². The number of hydrogen-bond acceptors (Lipinski definition) is 3. The molecule has 0 aromatic heterocycles. The third kappa shape index (κ3) is 2.20. The number of rotatable bonds is 4. The first-order chi connectivity index (χ1) is 5.59. The van der Waals surface area contributed by atoms with Gasteiger partial charge < -0.3 is 5.11 Å². The lowest BCUT2D eigenvalue weighted by Crippen LogP contribution is -2.41. The van der Waals surface area contributed by atoms with Gasteiger partial charge in [0, 0.05) is 6.61 Å². The smallest absolute Gasteiger partial charge is 0.150 e. The molecule has 1 rings (SSSR count). The maximum atomic E-state index is 10.9. The number of aliphatic hydroxyl groups is 1. The summed E-state index contributed by atoms with van der Waals surface area (Å²) < 4.78 is 21.7. The van der Waals surface area contributed by atoms with Gasteiger partial charge in [0.2, 0.25) is 0 Å². The lowest BCUT2D eigenvalue weighted by Gasteiger charge is -2.32. The Morgan fingerprint density at radius 1 is 1.50 bits per heavy atom. The van der Waals surface area contributed by atoms with Crippen molar-refractivity contribution in [2.24, 2.45) is 11.8 Å². The predicted molar refractivity (Wildman–Crippen MR) is 47.6 cm³/mol. The van der Waals surface area contributed by atoms with Gasteiger partial charge in [-0.15, -0.1) is 0 Å². The monoisotopic (exact) mass is 192 g/mol. The highest BCUT2D eigenvalue weighted by atomic mass is 32.2. The van der Waals surface area contributed by atoms with Gasteiger partial charge in [0.25, 0.3) is 0 Å². The minimum Gasteiger partial charge on any atom is -0.396 e. The zero-order valence-corrected chi connectivity index (χ0v) is 8.18. The molecule has 0 saturated carbocycles. The van der Waals surface area contributed by atoms with E-state index in [-0.39, 0.29) is 6.61 Å². The molecule has 1 N–H and O–H groups in total. The second kappa shape index (κ2) is 3.75. The average molecular weight is 192 g/mol. The Kier molecular flexibility index (Phi) is 3.12. The van der Waals surface area contributed by atoms with Crippen molar-refractivity contribution in [3.8, 4) is 0 Å². The number of sulfone groups is 1. The molecule has 1 aliphatic rings. The van der Waals surface area contributed by atoms with Crippen molar-refractivity contribution in [1.82, 2.24) is 0 Å². The molecule has 0 amide bonds. The molecule has 1 atom stereocenters. The summed E-state index contributed by atoms with van der Waals surface area (Å²) in [6.45, 7) is 2.22. The molecule has 0 aromatic carbocycles. The van der Waals surface area contributed by atoms with Crippen LogP contribution in [-0.4, -0.2) is 31.6 Å². The summed E-state index contributed by atoms with van der Waals surface area (Å²) >= 11 is 0. The minimum absolute atomic E-state index is 0.176. The molecule has 1 aliphatic heterocycles. The Morgan fingerprint density at radius 3 is 2.42 bits per heavy atom. The van der Waals surface area contributed by atoms with Crippen molar-refractivity contribution in [2.75, 3.05) is 18.1 Å². The molecule has 12 heavy (non-hydrogen) atoms. The molecule has 1 heterocycles. The summed E-state index contributed by atoms with van der Waals surface area (Å²) in [4.78, 5) is 0. The Labute approximate surface area is 73.7 Å². The van der Waals surface area contributed by atoms with Crippen LogP contribution in [-0.2, 0) is 9.84 Å². The van der Waals surface area contributed by atoms with Crippen LogP contribution in [0.25, 0.3) is 0 Å². The molecular weight excluding hydrogens is 176 g/mol.